The van der Waals surface area contributed by atoms with Gasteiger partial charge in [-0.1, -0.05) is 43.3 Å². The van der Waals surface area contributed by atoms with Gasteiger partial charge in [-0.2, -0.15) is 0 Å². The van der Waals surface area contributed by atoms with E-state index in [2.05, 4.69) is 79.7 Å². The first kappa shape index (κ1) is 18.0. The Balaban J connectivity index is 2.04. The Morgan fingerprint density at radius 1 is 1.12 bits per heavy atom. The Kier molecular flexibility index (Phi) is 6.79. The number of aromatic nitrogens is 1. The fourth-order valence-corrected chi connectivity index (χ4v) is 2.54. The van der Waals surface area contributed by atoms with Crippen molar-refractivity contribution in [1.82, 2.24) is 15.6 Å². The molecule has 0 amide bonds. The molecular formula is C20H28N4. The van der Waals surface area contributed by atoms with Crippen molar-refractivity contribution in [2.24, 2.45) is 4.99 Å². The Labute approximate surface area is 145 Å². The van der Waals surface area contributed by atoms with Crippen molar-refractivity contribution in [2.45, 2.75) is 46.2 Å². The second-order valence-corrected chi connectivity index (χ2v) is 6.09. The number of aliphatic imine (C=N–C) groups is 1. The van der Waals surface area contributed by atoms with Crippen LogP contribution in [0.4, 0.5) is 0 Å². The lowest BCUT2D eigenvalue weighted by molar-refractivity contribution is 0.550. The molecule has 128 valence electrons. The summed E-state index contributed by atoms with van der Waals surface area (Å²) >= 11 is 0. The molecule has 0 saturated heterocycles. The van der Waals surface area contributed by atoms with Crippen LogP contribution in [0.5, 0.6) is 0 Å². The van der Waals surface area contributed by atoms with Gasteiger partial charge in [0.05, 0.1) is 12.2 Å². The molecule has 2 rings (SSSR count). The molecule has 1 heterocycles. The van der Waals surface area contributed by atoms with Crippen molar-refractivity contribution in [3.05, 3.63) is 65.5 Å². The molecule has 2 aromatic rings. The number of hydrogen-bond acceptors (Lipinski definition) is 2. The molecule has 2 atom stereocenters. The first-order valence-corrected chi connectivity index (χ1v) is 8.62. The molecule has 1 aromatic heterocycles. The quantitative estimate of drug-likeness (QED) is 0.630. The summed E-state index contributed by atoms with van der Waals surface area (Å²) in [5.41, 5.74) is 3.51. The maximum absolute atomic E-state index is 4.69. The number of benzene rings is 1. The van der Waals surface area contributed by atoms with Crippen LogP contribution in [-0.4, -0.2) is 23.5 Å². The SMILES string of the molecule is CCNC(=NCc1ncccc1C)NC(C)C(C)c1ccccc1. The Morgan fingerprint density at radius 3 is 2.54 bits per heavy atom. The topological polar surface area (TPSA) is 49.3 Å². The third-order valence-corrected chi connectivity index (χ3v) is 4.29. The highest BCUT2D eigenvalue weighted by Gasteiger charge is 2.15. The molecule has 2 N–H and O–H groups in total. The van der Waals surface area contributed by atoms with Gasteiger partial charge in [0, 0.05) is 24.7 Å². The van der Waals surface area contributed by atoms with Crippen molar-refractivity contribution in [2.75, 3.05) is 6.54 Å². The molecular weight excluding hydrogens is 296 g/mol. The average Bonchev–Trinajstić information content (AvgIpc) is 2.61. The fourth-order valence-electron chi connectivity index (χ4n) is 2.54. The molecule has 4 heteroatoms. The monoisotopic (exact) mass is 324 g/mol. The van der Waals surface area contributed by atoms with Crippen molar-refractivity contribution in [3.63, 3.8) is 0 Å². The van der Waals surface area contributed by atoms with E-state index >= 15 is 0 Å². The number of nitrogens with zero attached hydrogens (tertiary/aromatic N) is 2. The Morgan fingerprint density at radius 2 is 1.88 bits per heavy atom. The number of rotatable bonds is 6. The first-order valence-electron chi connectivity index (χ1n) is 8.62. The molecule has 4 nitrogen and oxygen atoms in total. The lowest BCUT2D eigenvalue weighted by Crippen LogP contribution is -2.44. The standard InChI is InChI=1S/C20H28N4/c1-5-21-20(23-14-19-15(2)10-9-13-22-19)24-17(4)16(3)18-11-7-6-8-12-18/h6-13,16-17H,5,14H2,1-4H3,(H2,21,23,24). The van der Waals surface area contributed by atoms with Crippen LogP contribution in [0.1, 0.15) is 43.5 Å². The zero-order valence-electron chi connectivity index (χ0n) is 15.1. The van der Waals surface area contributed by atoms with Gasteiger partial charge in [-0.15, -0.1) is 0 Å². The zero-order valence-corrected chi connectivity index (χ0v) is 15.1. The molecule has 0 aliphatic rings. The van der Waals surface area contributed by atoms with E-state index < -0.39 is 0 Å². The minimum absolute atomic E-state index is 0.273. The summed E-state index contributed by atoms with van der Waals surface area (Å²) in [5, 5.41) is 6.84. The molecule has 0 aliphatic carbocycles. The van der Waals surface area contributed by atoms with E-state index in [9.17, 15) is 0 Å². The van der Waals surface area contributed by atoms with Gasteiger partial charge in [-0.05, 0) is 38.0 Å². The number of pyridine rings is 1. The van der Waals surface area contributed by atoms with Crippen LogP contribution < -0.4 is 10.6 Å². The van der Waals surface area contributed by atoms with Gasteiger partial charge >= 0.3 is 0 Å². The normalized spacial score (nSPS) is 14.1. The smallest absolute Gasteiger partial charge is 0.191 e. The molecule has 0 aliphatic heterocycles. The number of aryl methyl sites for hydroxylation is 1. The van der Waals surface area contributed by atoms with Crippen LogP contribution in [-0.2, 0) is 6.54 Å². The second-order valence-electron chi connectivity index (χ2n) is 6.09. The lowest BCUT2D eigenvalue weighted by atomic mass is 9.94. The van der Waals surface area contributed by atoms with Gasteiger partial charge in [-0.3, -0.25) is 4.98 Å². The van der Waals surface area contributed by atoms with Crippen LogP contribution in [0.25, 0.3) is 0 Å². The summed E-state index contributed by atoms with van der Waals surface area (Å²) in [5.74, 6) is 1.23. The summed E-state index contributed by atoms with van der Waals surface area (Å²) < 4.78 is 0. The molecule has 0 radical (unpaired) electrons. The summed E-state index contributed by atoms with van der Waals surface area (Å²) in [7, 11) is 0. The summed E-state index contributed by atoms with van der Waals surface area (Å²) in [6, 6.07) is 14.9. The Bertz CT molecular complexity index is 652. The van der Waals surface area contributed by atoms with E-state index in [1.165, 1.54) is 11.1 Å². The van der Waals surface area contributed by atoms with E-state index in [0.29, 0.717) is 12.5 Å². The fraction of sp³-hybridized carbons (Fsp3) is 0.400. The van der Waals surface area contributed by atoms with Crippen molar-refractivity contribution < 1.29 is 0 Å². The molecule has 0 bridgehead atoms. The van der Waals surface area contributed by atoms with Crippen LogP contribution in [0.15, 0.2) is 53.7 Å². The maximum atomic E-state index is 4.69. The average molecular weight is 324 g/mol. The largest absolute Gasteiger partial charge is 0.357 e. The summed E-state index contributed by atoms with van der Waals surface area (Å²) in [6.07, 6.45) is 1.82. The summed E-state index contributed by atoms with van der Waals surface area (Å²) in [6.45, 7) is 9.98. The lowest BCUT2D eigenvalue weighted by Gasteiger charge is -2.24. The minimum atomic E-state index is 0.273. The number of hydrogen-bond donors (Lipinski definition) is 2. The predicted molar refractivity (Wildman–Crippen MR) is 101 cm³/mol. The first-order chi connectivity index (χ1) is 11.6. The second kappa shape index (κ2) is 9.06. The van der Waals surface area contributed by atoms with E-state index in [0.717, 1.165) is 18.2 Å². The number of guanidine groups is 1. The molecule has 0 saturated carbocycles. The van der Waals surface area contributed by atoms with Crippen LogP contribution in [0, 0.1) is 6.92 Å². The highest BCUT2D eigenvalue weighted by molar-refractivity contribution is 5.80. The van der Waals surface area contributed by atoms with Gasteiger partial charge in [0.2, 0.25) is 0 Å². The third-order valence-electron chi connectivity index (χ3n) is 4.29. The van der Waals surface area contributed by atoms with Crippen LogP contribution in [0.2, 0.25) is 0 Å². The minimum Gasteiger partial charge on any atom is -0.357 e. The van der Waals surface area contributed by atoms with Gasteiger partial charge in [-0.25, -0.2) is 4.99 Å². The van der Waals surface area contributed by atoms with Crippen molar-refractivity contribution >= 4 is 5.96 Å². The van der Waals surface area contributed by atoms with Crippen molar-refractivity contribution in [1.29, 1.82) is 0 Å². The van der Waals surface area contributed by atoms with Crippen LogP contribution in [0.3, 0.4) is 0 Å². The zero-order chi connectivity index (χ0) is 17.4. The van der Waals surface area contributed by atoms with Gasteiger partial charge in [0.25, 0.3) is 0 Å². The molecule has 2 unspecified atom stereocenters. The highest BCUT2D eigenvalue weighted by atomic mass is 15.2. The van der Waals surface area contributed by atoms with Gasteiger partial charge in [0.1, 0.15) is 0 Å². The highest BCUT2D eigenvalue weighted by Crippen LogP contribution is 2.18. The van der Waals surface area contributed by atoms with Crippen LogP contribution >= 0.6 is 0 Å². The van der Waals surface area contributed by atoms with E-state index in [1.807, 2.05) is 12.3 Å². The predicted octanol–water partition coefficient (Wildman–Crippen LogP) is 3.64. The van der Waals surface area contributed by atoms with Gasteiger partial charge in [0.15, 0.2) is 5.96 Å². The van der Waals surface area contributed by atoms with Gasteiger partial charge < -0.3 is 10.6 Å². The van der Waals surface area contributed by atoms with E-state index in [4.69, 9.17) is 4.99 Å². The Hall–Kier alpha value is -2.36. The molecule has 24 heavy (non-hydrogen) atoms. The van der Waals surface area contributed by atoms with E-state index in [1.54, 1.807) is 0 Å². The molecule has 0 fully saturated rings. The molecule has 0 spiro atoms. The number of nitrogens with one attached hydrogen (secondary N) is 2. The third kappa shape index (κ3) is 5.08. The summed E-state index contributed by atoms with van der Waals surface area (Å²) in [4.78, 5) is 9.10. The maximum Gasteiger partial charge on any atom is 0.191 e. The van der Waals surface area contributed by atoms with E-state index in [-0.39, 0.29) is 6.04 Å². The van der Waals surface area contributed by atoms with Crippen molar-refractivity contribution in [3.8, 4) is 0 Å². The molecule has 1 aromatic carbocycles.